The number of guanidine groups is 1. The Morgan fingerprint density at radius 3 is 2.71 bits per heavy atom. The lowest BCUT2D eigenvalue weighted by molar-refractivity contribution is 0.0646. The van der Waals surface area contributed by atoms with Gasteiger partial charge < -0.3 is 15.4 Å². The smallest absolute Gasteiger partial charge is 0.191 e. The molecule has 2 rings (SSSR count). The molecule has 0 bridgehead atoms. The quantitative estimate of drug-likeness (QED) is 0.392. The number of nitrogens with zero attached hydrogens (tertiary/aromatic N) is 2. The van der Waals surface area contributed by atoms with Crippen LogP contribution >= 0.6 is 0 Å². The molecular formula is C22H27FN4O. The van der Waals surface area contributed by atoms with Crippen molar-refractivity contribution in [3.63, 3.8) is 0 Å². The third kappa shape index (κ3) is 7.01. The van der Waals surface area contributed by atoms with Gasteiger partial charge in [0.1, 0.15) is 5.82 Å². The molecule has 0 aromatic heterocycles. The summed E-state index contributed by atoms with van der Waals surface area (Å²) in [5.41, 5.74) is 1.98. The maximum Gasteiger partial charge on any atom is 0.191 e. The van der Waals surface area contributed by atoms with E-state index < -0.39 is 0 Å². The maximum atomic E-state index is 13.9. The molecule has 0 aliphatic rings. The number of hydrogen-bond donors (Lipinski definition) is 2. The standard InChI is InChI=1S/C22H27FN4O/c1-3-25-22(27-16-20-14-18(15-24)10-11-21(20)23)26-12-7-13-28-17(2)19-8-5-4-6-9-19/h4-6,8-11,14,17H,3,7,12-13,16H2,1-2H3,(H2,25,26,27). The topological polar surface area (TPSA) is 69.4 Å². The number of halogens is 1. The second-order valence-corrected chi connectivity index (χ2v) is 6.32. The Morgan fingerprint density at radius 1 is 1.21 bits per heavy atom. The van der Waals surface area contributed by atoms with E-state index in [4.69, 9.17) is 10.00 Å². The van der Waals surface area contributed by atoms with Crippen LogP contribution in [0, 0.1) is 17.1 Å². The van der Waals surface area contributed by atoms with Gasteiger partial charge in [0.2, 0.25) is 0 Å². The first-order valence-electron chi connectivity index (χ1n) is 9.51. The third-order valence-electron chi connectivity index (χ3n) is 4.18. The molecule has 2 aromatic rings. The molecule has 0 fully saturated rings. The average Bonchev–Trinajstić information content (AvgIpc) is 2.73. The molecular weight excluding hydrogens is 355 g/mol. The predicted molar refractivity (Wildman–Crippen MR) is 109 cm³/mol. The predicted octanol–water partition coefficient (Wildman–Crippen LogP) is 3.92. The van der Waals surface area contributed by atoms with E-state index in [0.717, 1.165) is 12.0 Å². The second kappa shape index (κ2) is 11.7. The zero-order chi connectivity index (χ0) is 20.2. The molecule has 28 heavy (non-hydrogen) atoms. The second-order valence-electron chi connectivity index (χ2n) is 6.32. The van der Waals surface area contributed by atoms with Crippen LogP contribution in [0.3, 0.4) is 0 Å². The van der Waals surface area contributed by atoms with Gasteiger partial charge in [0.15, 0.2) is 5.96 Å². The highest BCUT2D eigenvalue weighted by atomic mass is 19.1. The fourth-order valence-electron chi connectivity index (χ4n) is 2.63. The van der Waals surface area contributed by atoms with Crippen molar-refractivity contribution in [2.45, 2.75) is 32.9 Å². The van der Waals surface area contributed by atoms with Crippen molar-refractivity contribution in [3.8, 4) is 6.07 Å². The van der Waals surface area contributed by atoms with E-state index >= 15 is 0 Å². The average molecular weight is 382 g/mol. The molecule has 0 saturated heterocycles. The van der Waals surface area contributed by atoms with Gasteiger partial charge in [-0.3, -0.25) is 0 Å². The first-order valence-corrected chi connectivity index (χ1v) is 9.51. The first-order chi connectivity index (χ1) is 13.6. The van der Waals surface area contributed by atoms with E-state index in [1.54, 1.807) is 0 Å². The Labute approximate surface area is 166 Å². The zero-order valence-corrected chi connectivity index (χ0v) is 16.4. The Morgan fingerprint density at radius 2 is 2.00 bits per heavy atom. The summed E-state index contributed by atoms with van der Waals surface area (Å²) < 4.78 is 19.7. The number of nitriles is 1. The molecule has 0 amide bonds. The van der Waals surface area contributed by atoms with Crippen molar-refractivity contribution in [1.29, 1.82) is 5.26 Å². The highest BCUT2D eigenvalue weighted by molar-refractivity contribution is 5.79. The molecule has 0 spiro atoms. The van der Waals surface area contributed by atoms with Crippen molar-refractivity contribution in [1.82, 2.24) is 10.6 Å². The summed E-state index contributed by atoms with van der Waals surface area (Å²) in [4.78, 5) is 4.40. The maximum absolute atomic E-state index is 13.9. The summed E-state index contributed by atoms with van der Waals surface area (Å²) in [5.74, 6) is 0.252. The van der Waals surface area contributed by atoms with Gasteiger partial charge in [0.25, 0.3) is 0 Å². The minimum absolute atomic E-state index is 0.0542. The van der Waals surface area contributed by atoms with Crippen LogP contribution in [0.2, 0.25) is 0 Å². The Hall–Kier alpha value is -2.91. The molecule has 0 saturated carbocycles. The van der Waals surface area contributed by atoms with Crippen LogP contribution in [0.25, 0.3) is 0 Å². The number of benzene rings is 2. The van der Waals surface area contributed by atoms with Gasteiger partial charge in [-0.2, -0.15) is 5.26 Å². The Bertz CT molecular complexity index is 802. The van der Waals surface area contributed by atoms with Crippen LogP contribution in [0.1, 0.15) is 43.1 Å². The van der Waals surface area contributed by atoms with Gasteiger partial charge in [-0.25, -0.2) is 9.38 Å². The Kier molecular flexibility index (Phi) is 8.96. The van der Waals surface area contributed by atoms with Crippen LogP contribution in [0.5, 0.6) is 0 Å². The summed E-state index contributed by atoms with van der Waals surface area (Å²) in [6.07, 6.45) is 0.873. The van der Waals surface area contributed by atoms with Crippen LogP contribution in [0.4, 0.5) is 4.39 Å². The van der Waals surface area contributed by atoms with Crippen molar-refractivity contribution in [2.75, 3.05) is 19.7 Å². The highest BCUT2D eigenvalue weighted by Crippen LogP contribution is 2.15. The van der Waals surface area contributed by atoms with Gasteiger partial charge >= 0.3 is 0 Å². The molecule has 0 aliphatic heterocycles. The van der Waals surface area contributed by atoms with Crippen LogP contribution < -0.4 is 10.6 Å². The summed E-state index contributed by atoms with van der Waals surface area (Å²) in [7, 11) is 0. The molecule has 148 valence electrons. The number of nitrogens with one attached hydrogen (secondary N) is 2. The van der Waals surface area contributed by atoms with Crippen molar-refractivity contribution >= 4 is 5.96 Å². The number of aliphatic imine (C=N–C) groups is 1. The number of rotatable bonds is 9. The lowest BCUT2D eigenvalue weighted by Gasteiger charge is -2.14. The lowest BCUT2D eigenvalue weighted by Crippen LogP contribution is -2.38. The molecule has 2 N–H and O–H groups in total. The van der Waals surface area contributed by atoms with E-state index in [1.165, 1.54) is 18.2 Å². The van der Waals surface area contributed by atoms with Gasteiger partial charge in [0, 0.05) is 25.3 Å². The van der Waals surface area contributed by atoms with Crippen molar-refractivity contribution in [3.05, 3.63) is 71.0 Å². The summed E-state index contributed by atoms with van der Waals surface area (Å²) in [6.45, 7) is 6.19. The highest BCUT2D eigenvalue weighted by Gasteiger charge is 2.06. The molecule has 0 heterocycles. The molecule has 2 aromatic carbocycles. The minimum atomic E-state index is -0.359. The number of ether oxygens (including phenoxy) is 1. The third-order valence-corrected chi connectivity index (χ3v) is 4.18. The van der Waals surface area contributed by atoms with Crippen molar-refractivity contribution < 1.29 is 9.13 Å². The first kappa shape index (κ1) is 21.4. The van der Waals surface area contributed by atoms with Crippen molar-refractivity contribution in [2.24, 2.45) is 4.99 Å². The van der Waals surface area contributed by atoms with E-state index in [0.29, 0.717) is 36.8 Å². The zero-order valence-electron chi connectivity index (χ0n) is 16.4. The Balaban J connectivity index is 1.79. The van der Waals surface area contributed by atoms with Gasteiger partial charge in [-0.05, 0) is 44.0 Å². The van der Waals surface area contributed by atoms with Crippen LogP contribution in [-0.4, -0.2) is 25.7 Å². The minimum Gasteiger partial charge on any atom is -0.374 e. The molecule has 1 atom stereocenters. The van der Waals surface area contributed by atoms with E-state index in [-0.39, 0.29) is 18.5 Å². The van der Waals surface area contributed by atoms with E-state index in [9.17, 15) is 4.39 Å². The summed E-state index contributed by atoms with van der Waals surface area (Å²) in [6, 6.07) is 16.4. The normalized spacial score (nSPS) is 12.3. The summed E-state index contributed by atoms with van der Waals surface area (Å²) >= 11 is 0. The van der Waals surface area contributed by atoms with Gasteiger partial charge in [-0.1, -0.05) is 30.3 Å². The number of hydrogen-bond acceptors (Lipinski definition) is 3. The monoisotopic (exact) mass is 382 g/mol. The lowest BCUT2D eigenvalue weighted by atomic mass is 10.1. The van der Waals surface area contributed by atoms with Crippen LogP contribution in [-0.2, 0) is 11.3 Å². The fourth-order valence-corrected chi connectivity index (χ4v) is 2.63. The summed E-state index contributed by atoms with van der Waals surface area (Å²) in [5, 5.41) is 15.3. The SMILES string of the molecule is CCNC(=NCc1cc(C#N)ccc1F)NCCCOC(C)c1ccccc1. The molecule has 0 aliphatic carbocycles. The van der Waals surface area contributed by atoms with E-state index in [1.807, 2.05) is 38.1 Å². The molecule has 0 radical (unpaired) electrons. The molecule has 6 heteroatoms. The largest absolute Gasteiger partial charge is 0.374 e. The van der Waals surface area contributed by atoms with Gasteiger partial charge in [-0.15, -0.1) is 0 Å². The van der Waals surface area contributed by atoms with Crippen LogP contribution in [0.15, 0.2) is 53.5 Å². The molecule has 1 unspecified atom stereocenters. The van der Waals surface area contributed by atoms with Gasteiger partial charge in [0.05, 0.1) is 24.3 Å². The van der Waals surface area contributed by atoms with E-state index in [2.05, 4.69) is 27.8 Å². The fraction of sp³-hybridized carbons (Fsp3) is 0.364. The molecule has 5 nitrogen and oxygen atoms in total.